The zero-order valence-electron chi connectivity index (χ0n) is 15.0. The second kappa shape index (κ2) is 10.3. The highest BCUT2D eigenvalue weighted by Crippen LogP contribution is 2.22. The SMILES string of the molecule is CCC(OC(=O)CC(NC(N)=O)c1cccs1)C(=O)NCc1ccccc1. The van der Waals surface area contributed by atoms with Crippen LogP contribution in [-0.4, -0.2) is 24.0 Å². The summed E-state index contributed by atoms with van der Waals surface area (Å²) in [6.07, 6.45) is -0.649. The molecule has 4 N–H and O–H groups in total. The van der Waals surface area contributed by atoms with Gasteiger partial charge in [0, 0.05) is 11.4 Å². The molecular formula is C19H23N3O4S. The minimum atomic E-state index is -0.890. The molecule has 2 unspecified atom stereocenters. The molecule has 1 heterocycles. The lowest BCUT2D eigenvalue weighted by Crippen LogP contribution is -2.38. The van der Waals surface area contributed by atoms with Crippen molar-refractivity contribution in [1.29, 1.82) is 0 Å². The molecule has 0 aliphatic heterocycles. The van der Waals surface area contributed by atoms with Crippen LogP contribution in [0.1, 0.15) is 36.2 Å². The van der Waals surface area contributed by atoms with E-state index in [0.717, 1.165) is 10.4 Å². The fraction of sp³-hybridized carbons (Fsp3) is 0.316. The van der Waals surface area contributed by atoms with E-state index in [0.29, 0.717) is 13.0 Å². The van der Waals surface area contributed by atoms with Gasteiger partial charge in [-0.3, -0.25) is 9.59 Å². The predicted octanol–water partition coefficient (Wildman–Crippen LogP) is 2.49. The number of carbonyl (C=O) groups is 3. The second-order valence-corrected chi connectivity index (χ2v) is 6.85. The Bertz CT molecular complexity index is 750. The number of esters is 1. The number of benzene rings is 1. The number of hydrogen-bond donors (Lipinski definition) is 3. The number of urea groups is 1. The third-order valence-corrected chi connectivity index (χ3v) is 4.81. The Hall–Kier alpha value is -2.87. The monoisotopic (exact) mass is 389 g/mol. The molecule has 144 valence electrons. The molecule has 1 aromatic heterocycles. The van der Waals surface area contributed by atoms with E-state index in [1.54, 1.807) is 13.0 Å². The summed E-state index contributed by atoms with van der Waals surface area (Å²) in [5.74, 6) is -0.936. The lowest BCUT2D eigenvalue weighted by molar-refractivity contribution is -0.156. The molecule has 0 bridgehead atoms. The van der Waals surface area contributed by atoms with Crippen molar-refractivity contribution in [2.45, 2.75) is 38.5 Å². The normalized spacial score (nSPS) is 12.6. The third kappa shape index (κ3) is 6.74. The maximum absolute atomic E-state index is 12.3. The van der Waals surface area contributed by atoms with Gasteiger partial charge >= 0.3 is 12.0 Å². The zero-order chi connectivity index (χ0) is 19.6. The summed E-state index contributed by atoms with van der Waals surface area (Å²) >= 11 is 1.39. The van der Waals surface area contributed by atoms with Crippen molar-refractivity contribution in [3.8, 4) is 0 Å². The van der Waals surface area contributed by atoms with E-state index in [-0.39, 0.29) is 12.3 Å². The van der Waals surface area contributed by atoms with Gasteiger partial charge in [0.2, 0.25) is 0 Å². The predicted molar refractivity (Wildman–Crippen MR) is 103 cm³/mol. The Kier molecular flexibility index (Phi) is 7.81. The number of ether oxygens (including phenoxy) is 1. The van der Waals surface area contributed by atoms with Crippen LogP contribution in [0.25, 0.3) is 0 Å². The average Bonchev–Trinajstić information content (AvgIpc) is 3.19. The highest BCUT2D eigenvalue weighted by Gasteiger charge is 2.24. The summed E-state index contributed by atoms with van der Waals surface area (Å²) in [4.78, 5) is 36.6. The van der Waals surface area contributed by atoms with Gasteiger partial charge in [0.15, 0.2) is 6.10 Å². The van der Waals surface area contributed by atoms with E-state index in [1.165, 1.54) is 11.3 Å². The van der Waals surface area contributed by atoms with Crippen molar-refractivity contribution in [2.24, 2.45) is 5.73 Å². The van der Waals surface area contributed by atoms with E-state index in [1.807, 2.05) is 41.8 Å². The van der Waals surface area contributed by atoms with Gasteiger partial charge in [-0.05, 0) is 23.4 Å². The summed E-state index contributed by atoms with van der Waals surface area (Å²) in [7, 11) is 0. The highest BCUT2D eigenvalue weighted by molar-refractivity contribution is 7.10. The molecule has 0 aliphatic carbocycles. The molecule has 1 aromatic carbocycles. The lowest BCUT2D eigenvalue weighted by atomic mass is 10.1. The van der Waals surface area contributed by atoms with Gasteiger partial charge in [0.25, 0.3) is 5.91 Å². The van der Waals surface area contributed by atoms with Gasteiger partial charge in [0.1, 0.15) is 0 Å². The van der Waals surface area contributed by atoms with E-state index in [2.05, 4.69) is 10.6 Å². The molecule has 0 saturated heterocycles. The van der Waals surface area contributed by atoms with Crippen LogP contribution < -0.4 is 16.4 Å². The zero-order valence-corrected chi connectivity index (χ0v) is 15.8. The van der Waals surface area contributed by atoms with Gasteiger partial charge in [-0.25, -0.2) is 4.79 Å². The lowest BCUT2D eigenvalue weighted by Gasteiger charge is -2.19. The van der Waals surface area contributed by atoms with Crippen molar-refractivity contribution >= 4 is 29.2 Å². The minimum Gasteiger partial charge on any atom is -0.452 e. The Labute approximate surface area is 161 Å². The fourth-order valence-corrected chi connectivity index (χ4v) is 3.26. The molecule has 0 fully saturated rings. The summed E-state index contributed by atoms with van der Waals surface area (Å²) in [5, 5.41) is 7.13. The molecule has 8 heteroatoms. The van der Waals surface area contributed by atoms with Crippen LogP contribution in [0.3, 0.4) is 0 Å². The van der Waals surface area contributed by atoms with E-state index in [9.17, 15) is 14.4 Å². The number of amides is 3. The smallest absolute Gasteiger partial charge is 0.312 e. The fourth-order valence-electron chi connectivity index (χ4n) is 2.48. The van der Waals surface area contributed by atoms with Gasteiger partial charge in [0.05, 0.1) is 12.5 Å². The van der Waals surface area contributed by atoms with Gasteiger partial charge in [-0.2, -0.15) is 0 Å². The van der Waals surface area contributed by atoms with Crippen molar-refractivity contribution in [1.82, 2.24) is 10.6 Å². The largest absolute Gasteiger partial charge is 0.452 e. The molecule has 0 spiro atoms. The van der Waals surface area contributed by atoms with Crippen molar-refractivity contribution in [3.63, 3.8) is 0 Å². The molecule has 0 radical (unpaired) electrons. The van der Waals surface area contributed by atoms with Crippen LogP contribution in [0.2, 0.25) is 0 Å². The van der Waals surface area contributed by atoms with Crippen LogP contribution in [0.4, 0.5) is 4.79 Å². The van der Waals surface area contributed by atoms with Crippen molar-refractivity contribution in [2.75, 3.05) is 0 Å². The summed E-state index contributed by atoms with van der Waals surface area (Å²) < 4.78 is 5.32. The van der Waals surface area contributed by atoms with Crippen molar-refractivity contribution in [3.05, 3.63) is 58.3 Å². The minimum absolute atomic E-state index is 0.105. The van der Waals surface area contributed by atoms with Gasteiger partial charge in [-0.15, -0.1) is 11.3 Å². The number of hydrogen-bond acceptors (Lipinski definition) is 5. The molecule has 2 rings (SSSR count). The number of nitrogens with two attached hydrogens (primary N) is 1. The second-order valence-electron chi connectivity index (χ2n) is 5.87. The maximum atomic E-state index is 12.3. The van der Waals surface area contributed by atoms with Gasteiger partial charge < -0.3 is 21.1 Å². The number of nitrogens with one attached hydrogen (secondary N) is 2. The maximum Gasteiger partial charge on any atom is 0.312 e. The van der Waals surface area contributed by atoms with Crippen molar-refractivity contribution < 1.29 is 19.1 Å². The Morgan fingerprint density at radius 2 is 1.89 bits per heavy atom. The summed E-state index contributed by atoms with van der Waals surface area (Å²) in [5.41, 5.74) is 6.14. The Balaban J connectivity index is 1.90. The first-order valence-electron chi connectivity index (χ1n) is 8.60. The van der Waals surface area contributed by atoms with Crippen LogP contribution >= 0.6 is 11.3 Å². The quantitative estimate of drug-likeness (QED) is 0.572. The van der Waals surface area contributed by atoms with Crippen LogP contribution in [0.15, 0.2) is 47.8 Å². The summed E-state index contributed by atoms with van der Waals surface area (Å²) in [6.45, 7) is 2.12. The first-order valence-corrected chi connectivity index (χ1v) is 9.48. The highest BCUT2D eigenvalue weighted by atomic mass is 32.1. The molecule has 3 amide bonds. The molecule has 2 atom stereocenters. The van der Waals surface area contributed by atoms with Gasteiger partial charge in [-0.1, -0.05) is 43.3 Å². The Morgan fingerprint density at radius 3 is 2.48 bits per heavy atom. The van der Waals surface area contributed by atoms with Crippen LogP contribution in [0, 0.1) is 0 Å². The number of rotatable bonds is 9. The topological polar surface area (TPSA) is 111 Å². The first kappa shape index (κ1) is 20.4. The molecule has 2 aromatic rings. The Morgan fingerprint density at radius 1 is 1.15 bits per heavy atom. The van der Waals surface area contributed by atoms with E-state index in [4.69, 9.17) is 10.5 Å². The van der Waals surface area contributed by atoms with Crippen LogP contribution in [-0.2, 0) is 20.9 Å². The number of primary amides is 1. The molecular weight excluding hydrogens is 366 g/mol. The molecule has 0 saturated carbocycles. The molecule has 7 nitrogen and oxygen atoms in total. The van der Waals surface area contributed by atoms with E-state index < -0.39 is 24.1 Å². The number of thiophene rings is 1. The number of carbonyl (C=O) groups excluding carboxylic acids is 3. The van der Waals surface area contributed by atoms with E-state index >= 15 is 0 Å². The average molecular weight is 389 g/mol. The standard InChI is InChI=1S/C19H23N3O4S/c1-2-15(18(24)21-12-13-7-4-3-5-8-13)26-17(23)11-14(22-19(20)25)16-9-6-10-27-16/h3-10,14-15H,2,11-12H2,1H3,(H,21,24)(H3,20,22,25). The molecule has 0 aliphatic rings. The van der Waals surface area contributed by atoms with Crippen LogP contribution in [0.5, 0.6) is 0 Å². The molecule has 27 heavy (non-hydrogen) atoms. The third-order valence-electron chi connectivity index (χ3n) is 3.82. The summed E-state index contributed by atoms with van der Waals surface area (Å²) in [6, 6.07) is 11.8. The first-order chi connectivity index (χ1) is 13.0.